The van der Waals surface area contributed by atoms with Gasteiger partial charge in [-0.05, 0) is 45.8 Å². The molecule has 6 heteroatoms. The van der Waals surface area contributed by atoms with Crippen LogP contribution in [0.4, 0.5) is 0 Å². The minimum absolute atomic E-state index is 0.692. The molecule has 0 spiro atoms. The first kappa shape index (κ1) is 12.4. The number of benzene rings is 1. The van der Waals surface area contributed by atoms with Crippen LogP contribution in [0.5, 0.6) is 0 Å². The van der Waals surface area contributed by atoms with Crippen molar-refractivity contribution >= 4 is 32.5 Å². The summed E-state index contributed by atoms with van der Waals surface area (Å²) in [5.74, 6) is 0. The van der Waals surface area contributed by atoms with Crippen LogP contribution in [0, 0.1) is 0 Å². The lowest BCUT2D eigenvalue weighted by Gasteiger charge is -2.01. The van der Waals surface area contributed by atoms with E-state index in [1.165, 1.54) is 5.56 Å². The van der Waals surface area contributed by atoms with Crippen LogP contribution in [0.15, 0.2) is 53.4 Å². The Morgan fingerprint density at radius 1 is 1.14 bits per heavy atom. The highest BCUT2D eigenvalue weighted by atomic mass is 79.9. The molecule has 0 bridgehead atoms. The predicted octanol–water partition coefficient (Wildman–Crippen LogP) is 3.03. The third-order valence-electron chi connectivity index (χ3n) is 3.34. The summed E-state index contributed by atoms with van der Waals surface area (Å²) in [6, 6.07) is 12.1. The summed E-state index contributed by atoms with van der Waals surface area (Å²) in [7, 11) is 0. The number of hydrogen-bond donors (Lipinski definition) is 0. The van der Waals surface area contributed by atoms with Crippen LogP contribution in [0.1, 0.15) is 11.3 Å². The topological polar surface area (TPSA) is 56.0 Å². The van der Waals surface area contributed by atoms with E-state index in [1.807, 2.05) is 24.4 Å². The molecule has 0 aliphatic heterocycles. The van der Waals surface area contributed by atoms with Crippen molar-refractivity contribution in [3.8, 4) is 0 Å². The zero-order valence-electron chi connectivity index (χ0n) is 10.9. The number of pyridine rings is 1. The Kier molecular flexibility index (Phi) is 2.89. The van der Waals surface area contributed by atoms with Crippen LogP contribution < -0.4 is 0 Å². The number of aromatic nitrogens is 5. The number of rotatable bonds is 2. The van der Waals surface area contributed by atoms with E-state index in [9.17, 15) is 0 Å². The van der Waals surface area contributed by atoms with E-state index < -0.39 is 0 Å². The Morgan fingerprint density at radius 3 is 3.05 bits per heavy atom. The Bertz CT molecular complexity index is 947. The van der Waals surface area contributed by atoms with Crippen molar-refractivity contribution in [3.05, 3.63) is 64.7 Å². The first-order chi connectivity index (χ1) is 10.3. The van der Waals surface area contributed by atoms with Gasteiger partial charge in [0.25, 0.3) is 0 Å². The summed E-state index contributed by atoms with van der Waals surface area (Å²) in [4.78, 5) is 8.77. The maximum atomic E-state index is 4.44. The Hall–Kier alpha value is -2.34. The quantitative estimate of drug-likeness (QED) is 0.527. The van der Waals surface area contributed by atoms with Crippen molar-refractivity contribution in [2.75, 3.05) is 0 Å². The summed E-state index contributed by atoms with van der Waals surface area (Å²) in [6.45, 7) is 0. The molecule has 0 aliphatic rings. The minimum Gasteiger partial charge on any atom is -0.256 e. The van der Waals surface area contributed by atoms with Crippen LogP contribution >= 0.6 is 15.9 Å². The average Bonchev–Trinajstić information content (AvgIpc) is 2.89. The molecular formula is C15H10BrN5. The van der Waals surface area contributed by atoms with Crippen molar-refractivity contribution in [2.45, 2.75) is 6.42 Å². The van der Waals surface area contributed by atoms with Crippen LogP contribution in [0.25, 0.3) is 16.6 Å². The fourth-order valence-corrected chi connectivity index (χ4v) is 2.64. The Balaban J connectivity index is 1.77. The van der Waals surface area contributed by atoms with Crippen molar-refractivity contribution in [1.82, 2.24) is 24.8 Å². The smallest absolute Gasteiger partial charge is 0.180 e. The molecule has 3 heterocycles. The van der Waals surface area contributed by atoms with Gasteiger partial charge >= 0.3 is 0 Å². The van der Waals surface area contributed by atoms with Gasteiger partial charge in [-0.15, -0.1) is 5.10 Å². The summed E-state index contributed by atoms with van der Waals surface area (Å²) in [5.41, 5.74) is 3.80. The Labute approximate surface area is 128 Å². The van der Waals surface area contributed by atoms with E-state index in [-0.39, 0.29) is 0 Å². The molecule has 21 heavy (non-hydrogen) atoms. The molecule has 0 amide bonds. The summed E-state index contributed by atoms with van der Waals surface area (Å²) < 4.78 is 2.46. The molecule has 0 saturated carbocycles. The van der Waals surface area contributed by atoms with E-state index in [2.05, 4.69) is 54.4 Å². The maximum Gasteiger partial charge on any atom is 0.180 e. The normalized spacial score (nSPS) is 11.3. The second-order valence-electron chi connectivity index (χ2n) is 4.76. The Morgan fingerprint density at radius 2 is 2.10 bits per heavy atom. The third kappa shape index (κ3) is 2.27. The van der Waals surface area contributed by atoms with Gasteiger partial charge in [0.1, 0.15) is 10.3 Å². The molecule has 4 rings (SSSR count). The molecule has 4 aromatic rings. The van der Waals surface area contributed by atoms with Gasteiger partial charge < -0.3 is 0 Å². The van der Waals surface area contributed by atoms with Gasteiger partial charge in [-0.25, -0.2) is 9.50 Å². The molecule has 0 fully saturated rings. The lowest BCUT2D eigenvalue weighted by molar-refractivity contribution is 0.836. The van der Waals surface area contributed by atoms with Gasteiger partial charge in [0.05, 0.1) is 5.52 Å². The zero-order chi connectivity index (χ0) is 14.2. The van der Waals surface area contributed by atoms with E-state index in [0.29, 0.717) is 6.42 Å². The molecule has 0 atom stereocenters. The van der Waals surface area contributed by atoms with E-state index >= 15 is 0 Å². The number of nitrogens with zero attached hydrogens (tertiary/aromatic N) is 5. The fraction of sp³-hybridized carbons (Fsp3) is 0.0667. The van der Waals surface area contributed by atoms with Crippen LogP contribution in [0.3, 0.4) is 0 Å². The molecule has 0 saturated heterocycles. The van der Waals surface area contributed by atoms with E-state index in [4.69, 9.17) is 0 Å². The van der Waals surface area contributed by atoms with Gasteiger partial charge in [0, 0.05) is 24.2 Å². The maximum absolute atomic E-state index is 4.44. The first-order valence-electron chi connectivity index (χ1n) is 6.50. The number of hydrogen-bond acceptors (Lipinski definition) is 4. The van der Waals surface area contributed by atoms with E-state index in [1.54, 1.807) is 10.7 Å². The first-order valence-corrected chi connectivity index (χ1v) is 7.29. The highest BCUT2D eigenvalue weighted by Crippen LogP contribution is 2.18. The van der Waals surface area contributed by atoms with Crippen LogP contribution in [-0.2, 0) is 6.42 Å². The van der Waals surface area contributed by atoms with Gasteiger partial charge in [0.2, 0.25) is 0 Å². The fourth-order valence-electron chi connectivity index (χ4n) is 2.35. The van der Waals surface area contributed by atoms with Crippen LogP contribution in [-0.4, -0.2) is 24.8 Å². The van der Waals surface area contributed by atoms with Gasteiger partial charge in [-0.2, -0.15) is 0 Å². The standard InChI is InChI=1S/C15H10BrN5/c16-14-5-7-21-15(18-14)13(19-20-21)9-10-3-4-12-11(8-10)2-1-6-17-12/h1-8H,9H2. The molecule has 5 nitrogen and oxygen atoms in total. The molecule has 0 N–H and O–H groups in total. The summed E-state index contributed by atoms with van der Waals surface area (Å²) in [6.07, 6.45) is 4.33. The summed E-state index contributed by atoms with van der Waals surface area (Å²) >= 11 is 3.38. The van der Waals surface area contributed by atoms with E-state index in [0.717, 1.165) is 26.8 Å². The highest BCUT2D eigenvalue weighted by Gasteiger charge is 2.09. The molecular weight excluding hydrogens is 330 g/mol. The molecule has 0 unspecified atom stereocenters. The predicted molar refractivity (Wildman–Crippen MR) is 83.0 cm³/mol. The summed E-state index contributed by atoms with van der Waals surface area (Å²) in [5, 5.41) is 9.44. The average molecular weight is 340 g/mol. The third-order valence-corrected chi connectivity index (χ3v) is 3.78. The minimum atomic E-state index is 0.692. The lowest BCUT2D eigenvalue weighted by Crippen LogP contribution is -1.93. The molecule has 0 radical (unpaired) electrons. The highest BCUT2D eigenvalue weighted by molar-refractivity contribution is 9.10. The van der Waals surface area contributed by atoms with Gasteiger partial charge in [0.15, 0.2) is 5.65 Å². The molecule has 0 aliphatic carbocycles. The molecule has 1 aromatic carbocycles. The van der Waals surface area contributed by atoms with Gasteiger partial charge in [-0.1, -0.05) is 17.3 Å². The van der Waals surface area contributed by atoms with Crippen molar-refractivity contribution in [2.24, 2.45) is 0 Å². The number of fused-ring (bicyclic) bond motifs is 2. The second-order valence-corrected chi connectivity index (χ2v) is 5.57. The largest absolute Gasteiger partial charge is 0.256 e. The van der Waals surface area contributed by atoms with Gasteiger partial charge in [-0.3, -0.25) is 4.98 Å². The van der Waals surface area contributed by atoms with Crippen LogP contribution in [0.2, 0.25) is 0 Å². The number of halogens is 1. The lowest BCUT2D eigenvalue weighted by atomic mass is 10.1. The molecule has 102 valence electrons. The monoisotopic (exact) mass is 339 g/mol. The molecule has 3 aromatic heterocycles. The van der Waals surface area contributed by atoms with Crippen molar-refractivity contribution in [3.63, 3.8) is 0 Å². The van der Waals surface area contributed by atoms with Crippen molar-refractivity contribution in [1.29, 1.82) is 0 Å². The zero-order valence-corrected chi connectivity index (χ0v) is 12.5. The van der Waals surface area contributed by atoms with Crippen molar-refractivity contribution < 1.29 is 0 Å². The SMILES string of the molecule is Brc1ccn2nnc(Cc3ccc4ncccc4c3)c2n1. The second kappa shape index (κ2) is 4.89.